The van der Waals surface area contributed by atoms with Crippen molar-refractivity contribution in [1.82, 2.24) is 19.9 Å². The minimum Gasteiger partial charge on any atom is -0.367 e. The first kappa shape index (κ1) is 22.0. The summed E-state index contributed by atoms with van der Waals surface area (Å²) in [7, 11) is 2.09. The molecule has 8 nitrogen and oxygen atoms in total. The van der Waals surface area contributed by atoms with Gasteiger partial charge in [0.05, 0.1) is 17.8 Å². The van der Waals surface area contributed by atoms with Gasteiger partial charge in [-0.1, -0.05) is 11.6 Å². The van der Waals surface area contributed by atoms with E-state index >= 15 is 0 Å². The van der Waals surface area contributed by atoms with Crippen LogP contribution >= 0.6 is 11.6 Å². The largest absolute Gasteiger partial charge is 0.367 e. The quantitative estimate of drug-likeness (QED) is 0.618. The van der Waals surface area contributed by atoms with Crippen molar-refractivity contribution in [1.29, 1.82) is 0 Å². The molecule has 0 saturated carbocycles. The Labute approximate surface area is 191 Å². The van der Waals surface area contributed by atoms with Gasteiger partial charge >= 0.3 is 0 Å². The SMILES string of the molecule is Cc1nc(-c2cccnc2)[nH]c(=O)c1CC(=O)Nc1cc(Cl)ccc1N1CCN(C)CC1. The minimum atomic E-state index is -0.336. The molecule has 0 spiro atoms. The number of rotatable bonds is 5. The number of nitrogens with zero attached hydrogens (tertiary/aromatic N) is 4. The van der Waals surface area contributed by atoms with Crippen LogP contribution < -0.4 is 15.8 Å². The number of nitrogens with one attached hydrogen (secondary N) is 2. The highest BCUT2D eigenvalue weighted by molar-refractivity contribution is 6.31. The molecule has 1 fully saturated rings. The Bertz CT molecular complexity index is 1170. The second kappa shape index (κ2) is 9.50. The van der Waals surface area contributed by atoms with Crippen molar-refractivity contribution in [2.45, 2.75) is 13.3 Å². The van der Waals surface area contributed by atoms with Crippen molar-refractivity contribution in [2.24, 2.45) is 0 Å². The van der Waals surface area contributed by atoms with Crippen LogP contribution in [-0.2, 0) is 11.2 Å². The normalized spacial score (nSPS) is 14.4. The van der Waals surface area contributed by atoms with Crippen molar-refractivity contribution >= 4 is 28.9 Å². The van der Waals surface area contributed by atoms with E-state index in [0.29, 0.717) is 33.4 Å². The number of piperazine rings is 1. The molecule has 0 radical (unpaired) electrons. The Morgan fingerprint density at radius 2 is 2.00 bits per heavy atom. The first-order valence-corrected chi connectivity index (χ1v) is 10.8. The monoisotopic (exact) mass is 452 g/mol. The summed E-state index contributed by atoms with van der Waals surface area (Å²) in [5, 5.41) is 3.48. The smallest absolute Gasteiger partial charge is 0.255 e. The third kappa shape index (κ3) is 4.98. The van der Waals surface area contributed by atoms with Gasteiger partial charge in [-0.05, 0) is 44.3 Å². The molecule has 1 aromatic carbocycles. The Balaban J connectivity index is 1.53. The van der Waals surface area contributed by atoms with Crippen molar-refractivity contribution < 1.29 is 4.79 Å². The number of benzene rings is 1. The summed E-state index contributed by atoms with van der Waals surface area (Å²) in [5.74, 6) is 0.129. The van der Waals surface area contributed by atoms with Gasteiger partial charge in [-0.15, -0.1) is 0 Å². The highest BCUT2D eigenvalue weighted by Crippen LogP contribution is 2.30. The lowest BCUT2D eigenvalue weighted by Crippen LogP contribution is -2.44. The fourth-order valence-corrected chi connectivity index (χ4v) is 3.92. The van der Waals surface area contributed by atoms with Gasteiger partial charge in [0, 0.05) is 60.4 Å². The maximum absolute atomic E-state index is 12.9. The average molecular weight is 453 g/mol. The molecule has 3 heterocycles. The lowest BCUT2D eigenvalue weighted by atomic mass is 10.1. The van der Waals surface area contributed by atoms with Crippen LogP contribution in [0.15, 0.2) is 47.5 Å². The Kier molecular flexibility index (Phi) is 6.53. The molecule has 0 bridgehead atoms. The number of aryl methyl sites for hydroxylation is 1. The summed E-state index contributed by atoms with van der Waals surface area (Å²) >= 11 is 6.20. The van der Waals surface area contributed by atoms with Crippen molar-refractivity contribution in [2.75, 3.05) is 43.4 Å². The van der Waals surface area contributed by atoms with E-state index in [1.54, 1.807) is 31.5 Å². The van der Waals surface area contributed by atoms with Gasteiger partial charge < -0.3 is 20.1 Å². The van der Waals surface area contributed by atoms with E-state index in [1.165, 1.54) is 0 Å². The third-order valence-corrected chi connectivity index (χ3v) is 5.81. The Morgan fingerprint density at radius 3 is 2.69 bits per heavy atom. The highest BCUT2D eigenvalue weighted by atomic mass is 35.5. The van der Waals surface area contributed by atoms with Crippen LogP contribution in [0.3, 0.4) is 0 Å². The van der Waals surface area contributed by atoms with Crippen LogP contribution in [0.2, 0.25) is 5.02 Å². The summed E-state index contributed by atoms with van der Waals surface area (Å²) in [6.07, 6.45) is 3.19. The Hall–Kier alpha value is -3.23. The molecule has 2 aromatic heterocycles. The maximum atomic E-state index is 12.9. The number of carbonyl (C=O) groups excluding carboxylic acids is 1. The van der Waals surface area contributed by atoms with Gasteiger partial charge in [0.1, 0.15) is 5.82 Å². The number of aromatic nitrogens is 3. The van der Waals surface area contributed by atoms with Gasteiger partial charge in [-0.3, -0.25) is 14.6 Å². The van der Waals surface area contributed by atoms with Crippen molar-refractivity contribution in [3.8, 4) is 11.4 Å². The maximum Gasteiger partial charge on any atom is 0.255 e. The third-order valence-electron chi connectivity index (χ3n) is 5.57. The lowest BCUT2D eigenvalue weighted by Gasteiger charge is -2.35. The number of H-pyrrole nitrogens is 1. The zero-order valence-corrected chi connectivity index (χ0v) is 18.8. The van der Waals surface area contributed by atoms with Gasteiger partial charge in [-0.25, -0.2) is 4.98 Å². The first-order chi connectivity index (χ1) is 15.4. The summed E-state index contributed by atoms with van der Waals surface area (Å²) in [5.41, 5.74) is 2.77. The number of halogens is 1. The molecule has 0 aliphatic carbocycles. The number of pyridine rings is 1. The minimum absolute atomic E-state index is 0.0871. The Morgan fingerprint density at radius 1 is 1.22 bits per heavy atom. The van der Waals surface area contributed by atoms with Crippen LogP contribution in [0.1, 0.15) is 11.3 Å². The van der Waals surface area contributed by atoms with E-state index in [0.717, 1.165) is 31.9 Å². The van der Waals surface area contributed by atoms with Crippen LogP contribution in [0, 0.1) is 6.92 Å². The van der Waals surface area contributed by atoms with E-state index in [1.807, 2.05) is 18.2 Å². The average Bonchev–Trinajstić information content (AvgIpc) is 2.78. The van der Waals surface area contributed by atoms with Crippen LogP contribution in [-0.4, -0.2) is 59.0 Å². The molecule has 0 unspecified atom stereocenters. The predicted octanol–water partition coefficient (Wildman–Crippen LogP) is 2.73. The summed E-state index contributed by atoms with van der Waals surface area (Å²) in [6.45, 7) is 5.34. The second-order valence-corrected chi connectivity index (χ2v) is 8.33. The van der Waals surface area contributed by atoms with Gasteiger partial charge in [0.15, 0.2) is 0 Å². The zero-order valence-electron chi connectivity index (χ0n) is 18.1. The number of carbonyl (C=O) groups is 1. The zero-order chi connectivity index (χ0) is 22.7. The number of hydrogen-bond acceptors (Lipinski definition) is 6. The van der Waals surface area contributed by atoms with Gasteiger partial charge in [0.2, 0.25) is 5.91 Å². The van der Waals surface area contributed by atoms with E-state index < -0.39 is 0 Å². The lowest BCUT2D eigenvalue weighted by molar-refractivity contribution is -0.115. The fraction of sp³-hybridized carbons (Fsp3) is 0.304. The molecule has 0 atom stereocenters. The molecule has 1 saturated heterocycles. The van der Waals surface area contributed by atoms with Gasteiger partial charge in [-0.2, -0.15) is 0 Å². The molecule has 4 rings (SSSR count). The van der Waals surface area contributed by atoms with Crippen LogP contribution in [0.5, 0.6) is 0 Å². The first-order valence-electron chi connectivity index (χ1n) is 10.4. The molecule has 1 aliphatic heterocycles. The molecule has 1 amide bonds. The molecule has 1 aliphatic rings. The number of anilines is 2. The number of amides is 1. The van der Waals surface area contributed by atoms with Gasteiger partial charge in [0.25, 0.3) is 5.56 Å². The van der Waals surface area contributed by atoms with E-state index in [-0.39, 0.29) is 17.9 Å². The molecule has 2 N–H and O–H groups in total. The standard InChI is InChI=1S/C23H25ClN6O2/c1-15-18(23(32)28-22(26-15)16-4-3-7-25-14-16)13-21(31)27-19-12-17(24)5-6-20(19)30-10-8-29(2)9-11-30/h3-7,12,14H,8-11,13H2,1-2H3,(H,27,31)(H,26,28,32). The highest BCUT2D eigenvalue weighted by Gasteiger charge is 2.20. The molecule has 32 heavy (non-hydrogen) atoms. The molecule has 3 aromatic rings. The molecule has 9 heteroatoms. The van der Waals surface area contributed by atoms with Crippen molar-refractivity contribution in [3.05, 3.63) is 69.4 Å². The van der Waals surface area contributed by atoms with E-state index in [2.05, 4.69) is 37.1 Å². The van der Waals surface area contributed by atoms with E-state index in [9.17, 15) is 9.59 Å². The summed E-state index contributed by atoms with van der Waals surface area (Å²) in [4.78, 5) is 41.3. The van der Waals surface area contributed by atoms with Crippen LogP contribution in [0.4, 0.5) is 11.4 Å². The van der Waals surface area contributed by atoms with Crippen LogP contribution in [0.25, 0.3) is 11.4 Å². The molecular weight excluding hydrogens is 428 g/mol. The predicted molar refractivity (Wildman–Crippen MR) is 126 cm³/mol. The topological polar surface area (TPSA) is 94.2 Å². The molecular formula is C23H25ClN6O2. The summed E-state index contributed by atoms with van der Waals surface area (Å²) < 4.78 is 0. The van der Waals surface area contributed by atoms with E-state index in [4.69, 9.17) is 11.6 Å². The number of likely N-dealkylation sites (N-methyl/N-ethyl adjacent to an activating group) is 1. The summed E-state index contributed by atoms with van der Waals surface area (Å²) in [6, 6.07) is 9.07. The second-order valence-electron chi connectivity index (χ2n) is 7.90. The van der Waals surface area contributed by atoms with Crippen molar-refractivity contribution in [3.63, 3.8) is 0 Å². The molecule has 166 valence electrons. The fourth-order valence-electron chi connectivity index (χ4n) is 3.74. The number of aromatic amines is 1. The number of hydrogen-bond donors (Lipinski definition) is 2.